The topological polar surface area (TPSA) is 16.1 Å². The monoisotopic (exact) mass is 260 g/mol. The summed E-state index contributed by atoms with van der Waals surface area (Å²) in [5.74, 6) is 0.661. The number of halogens is 1. The normalized spacial score (nSPS) is 14.4. The molecule has 0 saturated heterocycles. The molecule has 0 amide bonds. The van der Waals surface area contributed by atoms with Crippen LogP contribution in [0.15, 0.2) is 5.38 Å². The first kappa shape index (κ1) is 13.9. The number of hydrogen-bond acceptors (Lipinski definition) is 3. The average molecular weight is 261 g/mol. The molecule has 1 unspecified atom stereocenters. The average Bonchev–Trinajstić information content (AvgIpc) is 2.64. The highest BCUT2D eigenvalue weighted by molar-refractivity contribution is 7.09. The van der Waals surface area contributed by atoms with Crippen molar-refractivity contribution in [2.45, 2.75) is 45.7 Å². The van der Waals surface area contributed by atoms with E-state index in [1.54, 1.807) is 11.3 Å². The Morgan fingerprint density at radius 3 is 2.56 bits per heavy atom. The van der Waals surface area contributed by atoms with Crippen molar-refractivity contribution in [1.82, 2.24) is 9.88 Å². The lowest BCUT2D eigenvalue weighted by molar-refractivity contribution is 0.268. The second-order valence-electron chi connectivity index (χ2n) is 5.29. The summed E-state index contributed by atoms with van der Waals surface area (Å²) in [6, 6.07) is 0.392. The first-order valence-electron chi connectivity index (χ1n) is 5.55. The second kappa shape index (κ2) is 5.48. The van der Waals surface area contributed by atoms with E-state index in [0.717, 1.165) is 6.54 Å². The molecule has 16 heavy (non-hydrogen) atoms. The van der Waals surface area contributed by atoms with E-state index in [1.807, 2.05) is 0 Å². The molecular formula is C12H21ClN2S. The Labute approximate surface area is 108 Å². The fourth-order valence-electron chi connectivity index (χ4n) is 1.21. The molecule has 0 spiro atoms. The van der Waals surface area contributed by atoms with Crippen LogP contribution in [0.25, 0.3) is 0 Å². The van der Waals surface area contributed by atoms with Crippen LogP contribution in [0.3, 0.4) is 0 Å². The Morgan fingerprint density at radius 2 is 2.12 bits per heavy atom. The molecule has 0 aromatic carbocycles. The van der Waals surface area contributed by atoms with Crippen LogP contribution in [0.4, 0.5) is 0 Å². The fraction of sp³-hybridized carbons (Fsp3) is 0.750. The molecule has 2 nitrogen and oxygen atoms in total. The predicted molar refractivity (Wildman–Crippen MR) is 72.5 cm³/mol. The van der Waals surface area contributed by atoms with Gasteiger partial charge in [0.15, 0.2) is 0 Å². The number of thiazole rings is 1. The standard InChI is InChI=1S/C12H21ClN2S/c1-9(6-13)15(5)7-11-14-10(8-16-11)12(2,3)4/h8-9H,6-7H2,1-5H3. The van der Waals surface area contributed by atoms with E-state index < -0.39 is 0 Å². The minimum Gasteiger partial charge on any atom is -0.296 e. The maximum atomic E-state index is 5.83. The molecule has 0 N–H and O–H groups in total. The first-order chi connectivity index (χ1) is 7.34. The second-order valence-corrected chi connectivity index (χ2v) is 6.55. The van der Waals surface area contributed by atoms with E-state index in [-0.39, 0.29) is 5.41 Å². The van der Waals surface area contributed by atoms with Gasteiger partial charge in [0.25, 0.3) is 0 Å². The van der Waals surface area contributed by atoms with Crippen LogP contribution in [0.5, 0.6) is 0 Å². The molecule has 0 aliphatic heterocycles. The van der Waals surface area contributed by atoms with Crippen molar-refractivity contribution >= 4 is 22.9 Å². The molecule has 0 saturated carbocycles. The van der Waals surface area contributed by atoms with Gasteiger partial charge in [0, 0.05) is 22.7 Å². The van der Waals surface area contributed by atoms with Crippen molar-refractivity contribution in [2.24, 2.45) is 0 Å². The molecule has 1 atom stereocenters. The highest BCUT2D eigenvalue weighted by Gasteiger charge is 2.18. The van der Waals surface area contributed by atoms with Crippen LogP contribution in [-0.4, -0.2) is 28.9 Å². The zero-order valence-corrected chi connectivity index (χ0v) is 12.3. The van der Waals surface area contributed by atoms with E-state index in [1.165, 1.54) is 10.7 Å². The summed E-state index contributed by atoms with van der Waals surface area (Å²) in [5, 5.41) is 3.33. The summed E-state index contributed by atoms with van der Waals surface area (Å²) in [6.45, 7) is 9.59. The summed E-state index contributed by atoms with van der Waals surface area (Å²) in [7, 11) is 2.09. The lowest BCUT2D eigenvalue weighted by Crippen LogP contribution is -2.29. The lowest BCUT2D eigenvalue weighted by atomic mass is 9.93. The zero-order chi connectivity index (χ0) is 12.3. The Balaban J connectivity index is 2.66. The summed E-state index contributed by atoms with van der Waals surface area (Å²) < 4.78 is 0. The fourth-order valence-corrected chi connectivity index (χ4v) is 2.53. The van der Waals surface area contributed by atoms with Crippen molar-refractivity contribution in [3.63, 3.8) is 0 Å². The number of hydrogen-bond donors (Lipinski definition) is 0. The van der Waals surface area contributed by atoms with E-state index in [0.29, 0.717) is 11.9 Å². The van der Waals surface area contributed by atoms with Gasteiger partial charge in [0.05, 0.1) is 12.2 Å². The summed E-state index contributed by atoms with van der Waals surface area (Å²) in [6.07, 6.45) is 0. The third-order valence-electron chi connectivity index (χ3n) is 2.68. The van der Waals surface area contributed by atoms with Gasteiger partial charge in [-0.25, -0.2) is 4.98 Å². The van der Waals surface area contributed by atoms with Crippen molar-refractivity contribution in [3.8, 4) is 0 Å². The molecule has 0 fully saturated rings. The molecule has 0 aliphatic carbocycles. The van der Waals surface area contributed by atoms with Crippen LogP contribution in [0, 0.1) is 0 Å². The molecular weight excluding hydrogens is 240 g/mol. The SMILES string of the molecule is CC(CCl)N(C)Cc1nc(C(C)(C)C)cs1. The lowest BCUT2D eigenvalue weighted by Gasteiger charge is -2.21. The molecule has 4 heteroatoms. The summed E-state index contributed by atoms with van der Waals surface area (Å²) >= 11 is 7.57. The van der Waals surface area contributed by atoms with Crippen LogP contribution < -0.4 is 0 Å². The number of aromatic nitrogens is 1. The van der Waals surface area contributed by atoms with Gasteiger partial charge < -0.3 is 0 Å². The first-order valence-corrected chi connectivity index (χ1v) is 6.97. The van der Waals surface area contributed by atoms with Gasteiger partial charge in [0.1, 0.15) is 5.01 Å². The van der Waals surface area contributed by atoms with Crippen molar-refractivity contribution in [3.05, 3.63) is 16.1 Å². The van der Waals surface area contributed by atoms with Crippen LogP contribution in [0.2, 0.25) is 0 Å². The minimum absolute atomic E-state index is 0.144. The third kappa shape index (κ3) is 3.72. The van der Waals surface area contributed by atoms with E-state index in [4.69, 9.17) is 11.6 Å². The van der Waals surface area contributed by atoms with Crippen molar-refractivity contribution < 1.29 is 0 Å². The largest absolute Gasteiger partial charge is 0.296 e. The van der Waals surface area contributed by atoms with Crippen LogP contribution >= 0.6 is 22.9 Å². The summed E-state index contributed by atoms with van der Waals surface area (Å²) in [4.78, 5) is 6.91. The molecule has 1 heterocycles. The Kier molecular flexibility index (Phi) is 4.77. The van der Waals surface area contributed by atoms with Gasteiger partial charge in [-0.1, -0.05) is 20.8 Å². The molecule has 92 valence electrons. The van der Waals surface area contributed by atoms with Gasteiger partial charge in [-0.05, 0) is 14.0 Å². The van der Waals surface area contributed by atoms with Gasteiger partial charge in [-0.2, -0.15) is 0 Å². The van der Waals surface area contributed by atoms with Gasteiger partial charge in [-0.15, -0.1) is 22.9 Å². The van der Waals surface area contributed by atoms with Gasteiger partial charge in [-0.3, -0.25) is 4.90 Å². The molecule has 1 aromatic heterocycles. The van der Waals surface area contributed by atoms with Crippen LogP contribution in [0.1, 0.15) is 38.4 Å². The minimum atomic E-state index is 0.144. The van der Waals surface area contributed by atoms with Crippen LogP contribution in [-0.2, 0) is 12.0 Å². The Hall–Kier alpha value is -0.120. The third-order valence-corrected chi connectivity index (χ3v) is 3.96. The van der Waals surface area contributed by atoms with Gasteiger partial charge >= 0.3 is 0 Å². The maximum Gasteiger partial charge on any atom is 0.107 e. The molecule has 0 bridgehead atoms. The summed E-state index contributed by atoms with van der Waals surface area (Å²) in [5.41, 5.74) is 1.32. The molecule has 0 radical (unpaired) electrons. The smallest absolute Gasteiger partial charge is 0.107 e. The Morgan fingerprint density at radius 1 is 1.50 bits per heavy atom. The Bertz CT molecular complexity index is 330. The van der Waals surface area contributed by atoms with Gasteiger partial charge in [0.2, 0.25) is 0 Å². The molecule has 0 aliphatic rings. The zero-order valence-electron chi connectivity index (χ0n) is 10.7. The maximum absolute atomic E-state index is 5.83. The molecule has 1 rings (SSSR count). The van der Waals surface area contributed by atoms with E-state index >= 15 is 0 Å². The highest BCUT2D eigenvalue weighted by atomic mass is 35.5. The van der Waals surface area contributed by atoms with Crippen molar-refractivity contribution in [1.29, 1.82) is 0 Å². The quantitative estimate of drug-likeness (QED) is 0.771. The number of rotatable bonds is 4. The molecule has 1 aromatic rings. The predicted octanol–water partition coefficient (Wildman–Crippen LogP) is 3.50. The number of alkyl halides is 1. The highest BCUT2D eigenvalue weighted by Crippen LogP contribution is 2.24. The number of nitrogens with zero attached hydrogens (tertiary/aromatic N) is 2. The van der Waals surface area contributed by atoms with E-state index in [9.17, 15) is 0 Å². The van der Waals surface area contributed by atoms with E-state index in [2.05, 4.69) is 50.0 Å². The van der Waals surface area contributed by atoms with Crippen molar-refractivity contribution in [2.75, 3.05) is 12.9 Å².